The van der Waals surface area contributed by atoms with Crippen molar-refractivity contribution in [1.82, 2.24) is 10.2 Å². The second kappa shape index (κ2) is 8.82. The molecule has 196 valence electrons. The monoisotopic (exact) mass is 524 g/mol. The van der Waals surface area contributed by atoms with Crippen molar-refractivity contribution in [2.75, 3.05) is 0 Å². The molecule has 1 aromatic rings. The third-order valence-corrected chi connectivity index (χ3v) is 8.07. The van der Waals surface area contributed by atoms with E-state index in [9.17, 15) is 27.9 Å². The Morgan fingerprint density at radius 2 is 1.94 bits per heavy atom. The fourth-order valence-electron chi connectivity index (χ4n) is 5.47. The van der Waals surface area contributed by atoms with Crippen molar-refractivity contribution in [2.45, 2.75) is 83.5 Å². The van der Waals surface area contributed by atoms with E-state index >= 15 is 0 Å². The number of halogens is 4. The molecule has 1 heterocycles. The molecule has 3 unspecified atom stereocenters. The predicted octanol–water partition coefficient (Wildman–Crippen LogP) is 6.96. The van der Waals surface area contributed by atoms with Gasteiger partial charge in [0.2, 0.25) is 0 Å². The van der Waals surface area contributed by atoms with Crippen LogP contribution in [-0.2, 0) is 16.8 Å². The Hall–Kier alpha value is -2.48. The molecule has 1 aliphatic heterocycles. The van der Waals surface area contributed by atoms with Gasteiger partial charge in [-0.3, -0.25) is 4.90 Å². The zero-order valence-electron chi connectivity index (χ0n) is 20.9. The van der Waals surface area contributed by atoms with E-state index in [2.05, 4.69) is 26.1 Å². The Bertz CT molecular complexity index is 1150. The number of carboxylic acid groups (broad SMARTS) is 1. The van der Waals surface area contributed by atoms with E-state index in [0.29, 0.717) is 16.2 Å². The van der Waals surface area contributed by atoms with Crippen molar-refractivity contribution >= 4 is 23.6 Å². The molecular weight excluding hydrogens is 493 g/mol. The van der Waals surface area contributed by atoms with Crippen LogP contribution in [0.15, 0.2) is 41.6 Å². The van der Waals surface area contributed by atoms with E-state index in [1.807, 2.05) is 12.1 Å². The Morgan fingerprint density at radius 1 is 1.28 bits per heavy atom. The fourth-order valence-corrected chi connectivity index (χ4v) is 5.74. The molecule has 0 aromatic heterocycles. The third-order valence-electron chi connectivity index (χ3n) is 7.72. The van der Waals surface area contributed by atoms with Crippen LogP contribution in [0, 0.1) is 11.3 Å². The number of carboxylic acids is 1. The van der Waals surface area contributed by atoms with Crippen LogP contribution in [0.5, 0.6) is 0 Å². The van der Waals surface area contributed by atoms with Crippen molar-refractivity contribution in [2.24, 2.45) is 11.3 Å². The Balaban J connectivity index is 1.73. The molecule has 3 atom stereocenters. The van der Waals surface area contributed by atoms with Crippen LogP contribution < -0.4 is 5.32 Å². The number of hydrogen-bond donors (Lipinski definition) is 2. The summed E-state index contributed by atoms with van der Waals surface area (Å²) in [7, 11) is 0. The van der Waals surface area contributed by atoms with Gasteiger partial charge in [-0.15, -0.1) is 0 Å². The highest BCUT2D eigenvalue weighted by molar-refractivity contribution is 6.31. The number of carbonyl (C=O) groups excluding carboxylic acids is 1. The number of aliphatic carboxylic acids is 1. The summed E-state index contributed by atoms with van der Waals surface area (Å²) in [5.41, 5.74) is 0.352. The minimum atomic E-state index is -4.36. The van der Waals surface area contributed by atoms with Crippen molar-refractivity contribution in [3.8, 4) is 0 Å². The molecule has 2 aliphatic carbocycles. The highest BCUT2D eigenvalue weighted by Crippen LogP contribution is 2.51. The summed E-state index contributed by atoms with van der Waals surface area (Å²) >= 11 is 6.64. The number of carbonyl (C=O) groups is 2. The molecule has 0 saturated heterocycles. The van der Waals surface area contributed by atoms with Gasteiger partial charge < -0.3 is 10.4 Å². The van der Waals surface area contributed by atoms with Gasteiger partial charge >= 0.3 is 18.2 Å². The molecule has 1 aromatic carbocycles. The summed E-state index contributed by atoms with van der Waals surface area (Å²) < 4.78 is 41.2. The number of hydrogen-bond acceptors (Lipinski definition) is 2. The quantitative estimate of drug-likeness (QED) is 0.437. The summed E-state index contributed by atoms with van der Waals surface area (Å²) in [6, 6.07) is 5.05. The van der Waals surface area contributed by atoms with Crippen molar-refractivity contribution in [1.29, 1.82) is 0 Å². The van der Waals surface area contributed by atoms with Gasteiger partial charge in [0.1, 0.15) is 0 Å². The first kappa shape index (κ1) is 26.6. The summed E-state index contributed by atoms with van der Waals surface area (Å²) in [5.74, 6) is -2.59. The molecule has 0 spiro atoms. The number of benzene rings is 1. The smallest absolute Gasteiger partial charge is 0.392 e. The Labute approximate surface area is 214 Å². The highest BCUT2D eigenvalue weighted by Gasteiger charge is 2.54. The van der Waals surface area contributed by atoms with Crippen molar-refractivity contribution in [3.63, 3.8) is 0 Å². The van der Waals surface area contributed by atoms with Crippen LogP contribution in [0.25, 0.3) is 0 Å². The molecule has 2 amide bonds. The van der Waals surface area contributed by atoms with Crippen LogP contribution in [0.4, 0.5) is 18.0 Å². The topological polar surface area (TPSA) is 69.6 Å². The zero-order chi connectivity index (χ0) is 26.7. The average molecular weight is 525 g/mol. The SMILES string of the molecule is CC(C)(C)CCc1ccc(C23CCC(C(F)(F)F)CC2=CN(C2(C)C=C(C(=O)O)C2)C(=O)N3)cc1Cl. The van der Waals surface area contributed by atoms with E-state index < -0.39 is 35.2 Å². The molecular formula is C27H32ClF3N2O3. The zero-order valence-corrected chi connectivity index (χ0v) is 21.7. The van der Waals surface area contributed by atoms with Gasteiger partial charge in [-0.1, -0.05) is 44.5 Å². The molecule has 5 nitrogen and oxygen atoms in total. The molecule has 1 fully saturated rings. The van der Waals surface area contributed by atoms with Crippen LogP contribution in [0.3, 0.4) is 0 Å². The van der Waals surface area contributed by atoms with Gasteiger partial charge in [-0.05, 0) is 73.3 Å². The standard InChI is InChI=1S/C27H32ClF3N2O3/c1-24(2,3)9-7-16-5-6-18(12-21(16)28)26-10-8-19(27(29,30)31)11-20(26)15-33(23(36)32-26)25(4)13-17(14-25)22(34)35/h5-6,12-13,15,19H,7-11,14H2,1-4H3,(H,32,36)(H,34,35). The number of alkyl halides is 3. The Kier molecular flexibility index (Phi) is 6.51. The van der Waals surface area contributed by atoms with Gasteiger partial charge in [0, 0.05) is 23.2 Å². The molecule has 2 N–H and O–H groups in total. The van der Waals surface area contributed by atoms with E-state index in [-0.39, 0.29) is 36.7 Å². The van der Waals surface area contributed by atoms with Crippen LogP contribution >= 0.6 is 11.6 Å². The second-order valence-electron chi connectivity index (χ2n) is 11.7. The largest absolute Gasteiger partial charge is 0.478 e. The minimum Gasteiger partial charge on any atom is -0.478 e. The highest BCUT2D eigenvalue weighted by atomic mass is 35.5. The maximum absolute atomic E-state index is 13.7. The summed E-state index contributed by atoms with van der Waals surface area (Å²) in [6.07, 6.45) is 0.148. The maximum Gasteiger partial charge on any atom is 0.392 e. The number of urea groups is 1. The number of amides is 2. The predicted molar refractivity (Wildman–Crippen MR) is 131 cm³/mol. The first-order valence-corrected chi connectivity index (χ1v) is 12.6. The first-order chi connectivity index (χ1) is 16.5. The average Bonchev–Trinajstić information content (AvgIpc) is 2.73. The van der Waals surface area contributed by atoms with E-state index in [1.54, 1.807) is 13.0 Å². The molecule has 4 rings (SSSR count). The lowest BCUT2D eigenvalue weighted by Crippen LogP contribution is -2.63. The van der Waals surface area contributed by atoms with E-state index in [0.717, 1.165) is 18.4 Å². The van der Waals surface area contributed by atoms with E-state index in [1.165, 1.54) is 17.2 Å². The maximum atomic E-state index is 13.7. The number of nitrogens with zero attached hydrogens (tertiary/aromatic N) is 1. The lowest BCUT2D eigenvalue weighted by molar-refractivity contribution is -0.180. The minimum absolute atomic E-state index is 0.0905. The van der Waals surface area contributed by atoms with Crippen LogP contribution in [0.1, 0.15) is 70.9 Å². The number of fused-ring (bicyclic) bond motifs is 1. The van der Waals surface area contributed by atoms with Gasteiger partial charge in [-0.2, -0.15) is 13.2 Å². The Morgan fingerprint density at radius 3 is 2.50 bits per heavy atom. The van der Waals surface area contributed by atoms with Gasteiger partial charge in [0.25, 0.3) is 0 Å². The lowest BCUT2D eigenvalue weighted by atomic mass is 9.68. The summed E-state index contributed by atoms with van der Waals surface area (Å²) in [4.78, 5) is 25.9. The molecule has 1 saturated carbocycles. The fraction of sp³-hybridized carbons (Fsp3) is 0.556. The number of nitrogens with one attached hydrogen (secondary N) is 1. The van der Waals surface area contributed by atoms with Crippen LogP contribution in [0.2, 0.25) is 5.02 Å². The molecule has 36 heavy (non-hydrogen) atoms. The number of aryl methyl sites for hydroxylation is 1. The summed E-state index contributed by atoms with van der Waals surface area (Å²) in [5, 5.41) is 12.8. The summed E-state index contributed by atoms with van der Waals surface area (Å²) in [6.45, 7) is 8.13. The molecule has 9 heteroatoms. The van der Waals surface area contributed by atoms with E-state index in [4.69, 9.17) is 11.6 Å². The molecule has 0 bridgehead atoms. The molecule has 3 aliphatic rings. The molecule has 0 radical (unpaired) electrons. The lowest BCUT2D eigenvalue weighted by Gasteiger charge is -2.52. The van der Waals surface area contributed by atoms with Crippen molar-refractivity contribution in [3.05, 3.63) is 57.8 Å². The van der Waals surface area contributed by atoms with Gasteiger partial charge in [-0.25, -0.2) is 9.59 Å². The number of rotatable bonds is 5. The van der Waals surface area contributed by atoms with Crippen molar-refractivity contribution < 1.29 is 27.9 Å². The van der Waals surface area contributed by atoms with Gasteiger partial charge in [0.05, 0.1) is 17.0 Å². The second-order valence-corrected chi connectivity index (χ2v) is 12.1. The van der Waals surface area contributed by atoms with Crippen LogP contribution in [-0.4, -0.2) is 33.7 Å². The van der Waals surface area contributed by atoms with Gasteiger partial charge in [0.15, 0.2) is 0 Å². The normalized spacial score (nSPS) is 28.5. The first-order valence-electron chi connectivity index (χ1n) is 12.2. The third kappa shape index (κ3) is 4.89.